The Morgan fingerprint density at radius 3 is 2.24 bits per heavy atom. The topological polar surface area (TPSA) is 41.0 Å². The van der Waals surface area contributed by atoms with Gasteiger partial charge < -0.3 is 10.2 Å². The molecule has 3 saturated carbocycles. The summed E-state index contributed by atoms with van der Waals surface area (Å²) in [7, 11) is 0. The average molecular weight is 286 g/mol. The third-order valence-corrected chi connectivity index (χ3v) is 4.71. The molecule has 114 valence electrons. The lowest BCUT2D eigenvalue weighted by Crippen LogP contribution is -2.29. The first-order valence-corrected chi connectivity index (χ1v) is 8.69. The first kappa shape index (κ1) is 13.4. The van der Waals surface area contributed by atoms with E-state index in [9.17, 15) is 0 Å². The zero-order chi connectivity index (χ0) is 14.2. The van der Waals surface area contributed by atoms with Crippen molar-refractivity contribution in [1.82, 2.24) is 9.97 Å². The van der Waals surface area contributed by atoms with Gasteiger partial charge in [-0.3, -0.25) is 0 Å². The molecule has 0 radical (unpaired) electrons. The van der Waals surface area contributed by atoms with Gasteiger partial charge in [-0.25, -0.2) is 9.97 Å². The van der Waals surface area contributed by atoms with E-state index < -0.39 is 0 Å². The summed E-state index contributed by atoms with van der Waals surface area (Å²) in [4.78, 5) is 12.2. The second kappa shape index (κ2) is 5.47. The maximum Gasteiger partial charge on any atom is 0.136 e. The Bertz CT molecular complexity index is 490. The summed E-state index contributed by atoms with van der Waals surface area (Å²) in [5.41, 5.74) is 0. The van der Waals surface area contributed by atoms with Crippen LogP contribution in [0.2, 0.25) is 0 Å². The van der Waals surface area contributed by atoms with Crippen LogP contribution in [0.25, 0.3) is 0 Å². The van der Waals surface area contributed by atoms with Gasteiger partial charge in [0.1, 0.15) is 17.5 Å². The highest BCUT2D eigenvalue weighted by Gasteiger charge is 2.32. The number of hydrogen-bond acceptors (Lipinski definition) is 4. The first-order chi connectivity index (χ1) is 10.3. The Balaban J connectivity index is 1.58. The second-order valence-electron chi connectivity index (χ2n) is 7.07. The van der Waals surface area contributed by atoms with E-state index in [0.717, 1.165) is 30.0 Å². The number of aromatic nitrogens is 2. The molecule has 1 heterocycles. The van der Waals surface area contributed by atoms with Crippen LogP contribution in [0.3, 0.4) is 0 Å². The highest BCUT2D eigenvalue weighted by atomic mass is 15.2. The molecule has 0 unspecified atom stereocenters. The number of anilines is 2. The number of rotatable bonds is 8. The Labute approximate surface area is 127 Å². The molecule has 1 aromatic heterocycles. The highest BCUT2D eigenvalue weighted by Crippen LogP contribution is 2.40. The summed E-state index contributed by atoms with van der Waals surface area (Å²) in [5, 5.41) is 3.39. The maximum atomic E-state index is 4.91. The molecular formula is C17H26N4. The van der Waals surface area contributed by atoms with E-state index in [-0.39, 0.29) is 0 Å². The molecule has 4 nitrogen and oxygen atoms in total. The van der Waals surface area contributed by atoms with Gasteiger partial charge in [-0.2, -0.15) is 0 Å². The van der Waals surface area contributed by atoms with Gasteiger partial charge in [0.25, 0.3) is 0 Å². The molecule has 0 aromatic carbocycles. The molecule has 4 rings (SSSR count). The zero-order valence-corrected chi connectivity index (χ0v) is 13.0. The van der Waals surface area contributed by atoms with Crippen LogP contribution in [0.1, 0.15) is 57.2 Å². The smallest absolute Gasteiger partial charge is 0.136 e. The Hall–Kier alpha value is -1.32. The third-order valence-electron chi connectivity index (χ3n) is 4.71. The van der Waals surface area contributed by atoms with Gasteiger partial charge in [-0.05, 0) is 57.3 Å². The summed E-state index contributed by atoms with van der Waals surface area (Å²) in [5.74, 6) is 5.69. The fourth-order valence-corrected chi connectivity index (χ4v) is 2.90. The van der Waals surface area contributed by atoms with Crippen molar-refractivity contribution in [1.29, 1.82) is 0 Å². The Kier molecular flexibility index (Phi) is 3.48. The van der Waals surface area contributed by atoms with Gasteiger partial charge in [-0.1, -0.05) is 0 Å². The van der Waals surface area contributed by atoms with E-state index in [1.165, 1.54) is 57.4 Å². The fraction of sp³-hybridized carbons (Fsp3) is 0.765. The van der Waals surface area contributed by atoms with Crippen molar-refractivity contribution in [2.24, 2.45) is 11.8 Å². The van der Waals surface area contributed by atoms with Gasteiger partial charge in [0.05, 0.1) is 0 Å². The van der Waals surface area contributed by atoms with Crippen molar-refractivity contribution in [2.45, 2.75) is 51.4 Å². The molecule has 0 atom stereocenters. The number of nitrogens with zero attached hydrogens (tertiary/aromatic N) is 3. The molecule has 3 fully saturated rings. The molecule has 1 N–H and O–H groups in total. The van der Waals surface area contributed by atoms with E-state index in [4.69, 9.17) is 9.97 Å². The van der Waals surface area contributed by atoms with Crippen molar-refractivity contribution in [3.05, 3.63) is 11.9 Å². The minimum absolute atomic E-state index is 0.617. The van der Waals surface area contributed by atoms with Crippen LogP contribution in [0, 0.1) is 11.8 Å². The molecule has 0 aliphatic heterocycles. The van der Waals surface area contributed by atoms with Crippen LogP contribution in [-0.2, 0) is 0 Å². The average Bonchev–Trinajstić information content (AvgIpc) is 3.35. The summed E-state index contributed by atoms with van der Waals surface area (Å²) < 4.78 is 0. The zero-order valence-electron chi connectivity index (χ0n) is 13.0. The lowest BCUT2D eigenvalue weighted by atomic mass is 10.3. The maximum absolute atomic E-state index is 4.91. The summed E-state index contributed by atoms with van der Waals surface area (Å²) in [6.07, 6.45) is 8.15. The van der Waals surface area contributed by atoms with Crippen LogP contribution in [0.5, 0.6) is 0 Å². The van der Waals surface area contributed by atoms with Crippen molar-refractivity contribution in [3.8, 4) is 0 Å². The van der Waals surface area contributed by atoms with E-state index in [1.54, 1.807) is 0 Å². The standard InChI is InChI=1S/C17H26N4/c1-2-18-15-9-16(20-17(19-15)14-7-8-14)21(10-12-3-4-12)11-13-5-6-13/h9,12-14H,2-8,10-11H2,1H3,(H,18,19,20). The number of hydrogen-bond donors (Lipinski definition) is 1. The second-order valence-corrected chi connectivity index (χ2v) is 7.07. The quantitative estimate of drug-likeness (QED) is 0.795. The fourth-order valence-electron chi connectivity index (χ4n) is 2.90. The Morgan fingerprint density at radius 2 is 1.71 bits per heavy atom. The van der Waals surface area contributed by atoms with Crippen LogP contribution in [0.15, 0.2) is 6.07 Å². The molecule has 0 saturated heterocycles. The predicted octanol–water partition coefficient (Wildman–Crippen LogP) is 3.41. The lowest BCUT2D eigenvalue weighted by molar-refractivity contribution is 0.667. The van der Waals surface area contributed by atoms with E-state index in [2.05, 4.69) is 23.2 Å². The van der Waals surface area contributed by atoms with Crippen LogP contribution < -0.4 is 10.2 Å². The van der Waals surface area contributed by atoms with E-state index in [0.29, 0.717) is 5.92 Å². The molecule has 3 aliphatic rings. The van der Waals surface area contributed by atoms with Gasteiger partial charge >= 0.3 is 0 Å². The molecule has 1 aromatic rings. The Morgan fingerprint density at radius 1 is 1.05 bits per heavy atom. The number of nitrogens with one attached hydrogen (secondary N) is 1. The minimum Gasteiger partial charge on any atom is -0.370 e. The van der Waals surface area contributed by atoms with E-state index >= 15 is 0 Å². The van der Waals surface area contributed by atoms with Gasteiger partial charge in [-0.15, -0.1) is 0 Å². The molecule has 3 aliphatic carbocycles. The van der Waals surface area contributed by atoms with E-state index in [1.807, 2.05) is 0 Å². The largest absolute Gasteiger partial charge is 0.370 e. The first-order valence-electron chi connectivity index (χ1n) is 8.69. The van der Waals surface area contributed by atoms with Crippen molar-refractivity contribution < 1.29 is 0 Å². The van der Waals surface area contributed by atoms with Crippen LogP contribution >= 0.6 is 0 Å². The molecular weight excluding hydrogens is 260 g/mol. The van der Waals surface area contributed by atoms with Crippen LogP contribution in [0.4, 0.5) is 11.6 Å². The highest BCUT2D eigenvalue weighted by molar-refractivity contribution is 5.50. The van der Waals surface area contributed by atoms with Crippen molar-refractivity contribution in [3.63, 3.8) is 0 Å². The molecule has 0 amide bonds. The molecule has 0 spiro atoms. The lowest BCUT2D eigenvalue weighted by Gasteiger charge is -2.24. The SMILES string of the molecule is CCNc1cc(N(CC2CC2)CC2CC2)nc(C2CC2)n1. The minimum atomic E-state index is 0.617. The van der Waals surface area contributed by atoms with Crippen molar-refractivity contribution in [2.75, 3.05) is 29.9 Å². The summed E-state index contributed by atoms with van der Waals surface area (Å²) in [6.45, 7) is 5.45. The molecule has 21 heavy (non-hydrogen) atoms. The van der Waals surface area contributed by atoms with Gasteiger partial charge in [0, 0.05) is 31.6 Å². The molecule has 4 heteroatoms. The molecule has 0 bridgehead atoms. The summed E-state index contributed by atoms with van der Waals surface area (Å²) in [6, 6.07) is 2.17. The van der Waals surface area contributed by atoms with Crippen molar-refractivity contribution >= 4 is 11.6 Å². The third kappa shape index (κ3) is 3.47. The normalized spacial score (nSPS) is 21.4. The monoisotopic (exact) mass is 286 g/mol. The predicted molar refractivity (Wildman–Crippen MR) is 85.8 cm³/mol. The van der Waals surface area contributed by atoms with Crippen LogP contribution in [-0.4, -0.2) is 29.6 Å². The van der Waals surface area contributed by atoms with Gasteiger partial charge in [0.15, 0.2) is 0 Å². The summed E-state index contributed by atoms with van der Waals surface area (Å²) >= 11 is 0. The van der Waals surface area contributed by atoms with Gasteiger partial charge in [0.2, 0.25) is 0 Å².